The molecule has 5 N–H and O–H groups in total. The van der Waals surface area contributed by atoms with Gasteiger partial charge in [0.25, 0.3) is 0 Å². The zero-order chi connectivity index (χ0) is 28.0. The van der Waals surface area contributed by atoms with Crippen LogP contribution in [0.1, 0.15) is 44.7 Å². The molecule has 0 aromatic heterocycles. The minimum atomic E-state index is -1.76. The lowest BCUT2D eigenvalue weighted by atomic mass is 9.81. The average molecular weight is 531 g/mol. The predicted octanol–water partition coefficient (Wildman–Crippen LogP) is 2.06. The zero-order valence-electron chi connectivity index (χ0n) is 22.5. The molecule has 0 radical (unpaired) electrons. The molecule has 0 spiro atoms. The fourth-order valence-corrected chi connectivity index (χ4v) is 5.55. The number of nitrogens with one attached hydrogen (secondary N) is 1. The van der Waals surface area contributed by atoms with Crippen molar-refractivity contribution in [2.24, 2.45) is 11.8 Å². The Morgan fingerprint density at radius 3 is 2.63 bits per heavy atom. The molecule has 208 valence electrons. The second kappa shape index (κ2) is 10.3. The van der Waals surface area contributed by atoms with E-state index in [1.54, 1.807) is 46.0 Å². The summed E-state index contributed by atoms with van der Waals surface area (Å²) in [6, 6.07) is 3.49. The van der Waals surface area contributed by atoms with Crippen LogP contribution >= 0.6 is 0 Å². The van der Waals surface area contributed by atoms with E-state index in [2.05, 4.69) is 5.32 Å². The molecule has 3 aliphatic heterocycles. The second-order valence-electron chi connectivity index (χ2n) is 11.1. The molecule has 1 aromatic carbocycles. The summed E-state index contributed by atoms with van der Waals surface area (Å²) in [6.45, 7) is 6.72. The number of hydrogen-bond donors (Lipinski definition) is 5. The van der Waals surface area contributed by atoms with Gasteiger partial charge in [0.1, 0.15) is 17.5 Å². The molecule has 7 unspecified atom stereocenters. The highest BCUT2D eigenvalue weighted by molar-refractivity contribution is 5.94. The standard InChI is InChI=1S/C28H38N2O8/c1-15-7-6-8-19(14-31)28(36)13-22(37-26(35)29-28)17(3)25-27(4,38-25)23(33)12-24(34)30(5)20-10-18(9-15)11-21(32)16(20)2/h6-8,10-11,17,19,22-23,25,31-33,36H,9,12-14H2,1-5H3,(H,29,35)/b8-6+,15-7+. The minimum absolute atomic E-state index is 0.00371. The lowest BCUT2D eigenvalue weighted by Gasteiger charge is -2.42. The Hall–Kier alpha value is -2.92. The van der Waals surface area contributed by atoms with Gasteiger partial charge in [0, 0.05) is 30.9 Å². The van der Waals surface area contributed by atoms with Crippen LogP contribution in [0.25, 0.3) is 0 Å². The SMILES string of the molecule is C/C1=C\C=C\C(CO)C2(O)CC(OC(=O)N2)C(C)C2OC2(C)C(O)CC(=O)N(C)c2cc(cc(O)c2C)C1. The molecule has 0 aliphatic carbocycles. The number of carbonyl (C=O) groups is 2. The Kier molecular flexibility index (Phi) is 7.64. The van der Waals surface area contributed by atoms with Crippen LogP contribution in [0.2, 0.25) is 0 Å². The number of phenols is 1. The fourth-order valence-electron chi connectivity index (χ4n) is 5.55. The van der Waals surface area contributed by atoms with Crippen molar-refractivity contribution in [1.29, 1.82) is 0 Å². The first-order valence-electron chi connectivity index (χ1n) is 12.9. The van der Waals surface area contributed by atoms with Gasteiger partial charge in [-0.3, -0.25) is 10.1 Å². The number of phenolic OH excluding ortho intramolecular Hbond substituents is 1. The highest BCUT2D eigenvalue weighted by Gasteiger charge is 2.62. The van der Waals surface area contributed by atoms with Crippen LogP contribution in [0.5, 0.6) is 5.75 Å². The maximum absolute atomic E-state index is 13.2. The molecule has 4 rings (SSSR count). The molecule has 2 saturated heterocycles. The van der Waals surface area contributed by atoms with E-state index in [-0.39, 0.29) is 24.5 Å². The number of epoxide rings is 1. The third kappa shape index (κ3) is 5.31. The number of ether oxygens (including phenoxy) is 2. The van der Waals surface area contributed by atoms with Crippen molar-refractivity contribution in [2.45, 2.75) is 76.6 Å². The Balaban J connectivity index is 1.73. The predicted molar refractivity (Wildman–Crippen MR) is 139 cm³/mol. The van der Waals surface area contributed by atoms with Gasteiger partial charge in [-0.2, -0.15) is 0 Å². The number of allylic oxidation sites excluding steroid dienone is 3. The quantitative estimate of drug-likeness (QED) is 0.346. The van der Waals surface area contributed by atoms with Gasteiger partial charge in [-0.15, -0.1) is 0 Å². The van der Waals surface area contributed by atoms with Crippen LogP contribution in [0.3, 0.4) is 0 Å². The molecular formula is C28H38N2O8. The van der Waals surface area contributed by atoms with Crippen LogP contribution in [0, 0.1) is 18.8 Å². The van der Waals surface area contributed by atoms with Gasteiger partial charge in [-0.25, -0.2) is 4.79 Å². The van der Waals surface area contributed by atoms with Crippen LogP contribution in [0.15, 0.2) is 35.9 Å². The van der Waals surface area contributed by atoms with E-state index in [9.17, 15) is 30.0 Å². The molecule has 3 heterocycles. The Bertz CT molecular complexity index is 1170. The number of nitrogens with zero attached hydrogens (tertiary/aromatic N) is 1. The van der Waals surface area contributed by atoms with Crippen LogP contribution in [-0.2, 0) is 20.7 Å². The number of alkyl carbamates (subject to hydrolysis) is 1. The topological polar surface area (TPSA) is 152 Å². The lowest BCUT2D eigenvalue weighted by Crippen LogP contribution is -2.62. The first kappa shape index (κ1) is 28.1. The molecule has 4 bridgehead atoms. The van der Waals surface area contributed by atoms with Crippen molar-refractivity contribution in [3.05, 3.63) is 47.1 Å². The largest absolute Gasteiger partial charge is 0.508 e. The van der Waals surface area contributed by atoms with Crippen molar-refractivity contribution >= 4 is 17.7 Å². The molecule has 2 fully saturated rings. The highest BCUT2D eigenvalue weighted by Crippen LogP contribution is 2.48. The smallest absolute Gasteiger partial charge is 0.409 e. The summed E-state index contributed by atoms with van der Waals surface area (Å²) in [5.74, 6) is -1.51. The Labute approximate surface area is 222 Å². The second-order valence-corrected chi connectivity index (χ2v) is 11.1. The van der Waals surface area contributed by atoms with E-state index in [0.717, 1.165) is 11.1 Å². The summed E-state index contributed by atoms with van der Waals surface area (Å²) >= 11 is 0. The van der Waals surface area contributed by atoms with Gasteiger partial charge < -0.3 is 34.8 Å². The molecule has 1 aromatic rings. The third-order valence-corrected chi connectivity index (χ3v) is 8.24. The summed E-state index contributed by atoms with van der Waals surface area (Å²) in [7, 11) is 1.61. The number of fused-ring (bicyclic) bond motifs is 5. The summed E-state index contributed by atoms with van der Waals surface area (Å²) in [5, 5.41) is 45.4. The number of carbonyl (C=O) groups excluding carboxylic acids is 2. The molecule has 10 heteroatoms. The monoisotopic (exact) mass is 530 g/mol. The number of anilines is 1. The van der Waals surface area contributed by atoms with E-state index in [4.69, 9.17) is 9.47 Å². The summed E-state index contributed by atoms with van der Waals surface area (Å²) in [6.07, 6.45) is 2.20. The van der Waals surface area contributed by atoms with Gasteiger partial charge in [0.2, 0.25) is 5.91 Å². The number of hydrogen-bond acceptors (Lipinski definition) is 8. The van der Waals surface area contributed by atoms with Gasteiger partial charge in [-0.1, -0.05) is 30.7 Å². The number of aliphatic hydroxyl groups excluding tert-OH is 2. The van der Waals surface area contributed by atoms with Crippen molar-refractivity contribution in [2.75, 3.05) is 18.6 Å². The zero-order valence-corrected chi connectivity index (χ0v) is 22.5. The maximum atomic E-state index is 13.2. The van der Waals surface area contributed by atoms with Crippen molar-refractivity contribution in [3.63, 3.8) is 0 Å². The van der Waals surface area contributed by atoms with Crippen molar-refractivity contribution in [1.82, 2.24) is 5.32 Å². The molecule has 38 heavy (non-hydrogen) atoms. The van der Waals surface area contributed by atoms with Crippen LogP contribution in [0.4, 0.5) is 10.5 Å². The minimum Gasteiger partial charge on any atom is -0.508 e. The average Bonchev–Trinajstić information content (AvgIpc) is 3.54. The summed E-state index contributed by atoms with van der Waals surface area (Å²) in [4.78, 5) is 27.0. The normalized spacial score (nSPS) is 38.4. The highest BCUT2D eigenvalue weighted by atomic mass is 16.6. The van der Waals surface area contributed by atoms with Crippen LogP contribution in [-0.4, -0.2) is 75.7 Å². The number of amides is 2. The van der Waals surface area contributed by atoms with E-state index >= 15 is 0 Å². The van der Waals surface area contributed by atoms with Gasteiger partial charge in [0.15, 0.2) is 5.72 Å². The Morgan fingerprint density at radius 2 is 1.95 bits per heavy atom. The maximum Gasteiger partial charge on any atom is 0.409 e. The summed E-state index contributed by atoms with van der Waals surface area (Å²) in [5.41, 5.74) is -0.0116. The van der Waals surface area contributed by atoms with Gasteiger partial charge in [0.05, 0.1) is 30.9 Å². The van der Waals surface area contributed by atoms with Crippen molar-refractivity contribution < 1.29 is 39.5 Å². The molecule has 0 saturated carbocycles. The number of benzene rings is 1. The third-order valence-electron chi connectivity index (χ3n) is 8.24. The molecule has 10 nitrogen and oxygen atoms in total. The van der Waals surface area contributed by atoms with Crippen LogP contribution < -0.4 is 10.2 Å². The number of aromatic hydroxyl groups is 1. The summed E-state index contributed by atoms with van der Waals surface area (Å²) < 4.78 is 11.4. The molecule has 2 amide bonds. The number of aliphatic hydroxyl groups is 3. The molecule has 3 aliphatic rings. The molecule has 7 atom stereocenters. The van der Waals surface area contributed by atoms with E-state index < -0.39 is 54.2 Å². The van der Waals surface area contributed by atoms with E-state index in [0.29, 0.717) is 17.7 Å². The first-order valence-corrected chi connectivity index (χ1v) is 12.9. The van der Waals surface area contributed by atoms with E-state index in [1.165, 1.54) is 4.90 Å². The first-order chi connectivity index (χ1) is 17.8. The number of rotatable bonds is 1. The Morgan fingerprint density at radius 1 is 1.24 bits per heavy atom. The van der Waals surface area contributed by atoms with E-state index in [1.807, 2.05) is 19.1 Å². The van der Waals surface area contributed by atoms with Crippen molar-refractivity contribution in [3.8, 4) is 5.75 Å². The van der Waals surface area contributed by atoms with Gasteiger partial charge in [-0.05, 0) is 44.9 Å². The fraction of sp³-hybridized carbons (Fsp3) is 0.571. The molecular weight excluding hydrogens is 492 g/mol. The van der Waals surface area contributed by atoms with Gasteiger partial charge >= 0.3 is 6.09 Å². The lowest BCUT2D eigenvalue weighted by molar-refractivity contribution is -0.121.